The molecule has 3 aromatic rings. The van der Waals surface area contributed by atoms with Gasteiger partial charge in [-0.1, -0.05) is 12.1 Å². The zero-order chi connectivity index (χ0) is 21.5. The van der Waals surface area contributed by atoms with E-state index in [1.165, 1.54) is 0 Å². The van der Waals surface area contributed by atoms with E-state index in [1.807, 2.05) is 26.0 Å². The SMILES string of the molecule is CCc1cc(-c2noc(-c3ccncc3)n2)cc(C)c1OC[C@@H](O)CNC(=O)CO. The number of nitrogens with zero attached hydrogens (tertiary/aromatic N) is 3. The van der Waals surface area contributed by atoms with Gasteiger partial charge in [-0.15, -0.1) is 0 Å². The molecule has 0 unspecified atom stereocenters. The Kier molecular flexibility index (Phi) is 7.10. The van der Waals surface area contributed by atoms with Crippen LogP contribution in [-0.2, 0) is 11.2 Å². The smallest absolute Gasteiger partial charge is 0.258 e. The molecule has 1 atom stereocenters. The van der Waals surface area contributed by atoms with Crippen LogP contribution in [0.5, 0.6) is 5.75 Å². The van der Waals surface area contributed by atoms with Gasteiger partial charge in [0.05, 0.1) is 0 Å². The third kappa shape index (κ3) is 5.19. The van der Waals surface area contributed by atoms with E-state index in [0.717, 1.165) is 22.3 Å². The molecule has 3 N–H and O–H groups in total. The highest BCUT2D eigenvalue weighted by atomic mass is 16.5. The molecular formula is C21H24N4O5. The lowest BCUT2D eigenvalue weighted by molar-refractivity contribution is -0.124. The van der Waals surface area contributed by atoms with Crippen molar-refractivity contribution in [3.63, 3.8) is 0 Å². The maximum absolute atomic E-state index is 11.1. The van der Waals surface area contributed by atoms with Crippen molar-refractivity contribution in [2.24, 2.45) is 0 Å². The first kappa shape index (κ1) is 21.4. The van der Waals surface area contributed by atoms with Crippen molar-refractivity contribution in [2.45, 2.75) is 26.4 Å². The quantitative estimate of drug-likeness (QED) is 0.482. The molecule has 0 radical (unpaired) electrons. The molecule has 1 aromatic carbocycles. The summed E-state index contributed by atoms with van der Waals surface area (Å²) >= 11 is 0. The number of carbonyl (C=O) groups is 1. The number of hydrogen-bond acceptors (Lipinski definition) is 8. The Bertz CT molecular complexity index is 990. The summed E-state index contributed by atoms with van der Waals surface area (Å²) in [6.07, 6.45) is 3.13. The number of ether oxygens (including phenoxy) is 1. The summed E-state index contributed by atoms with van der Waals surface area (Å²) in [6, 6.07) is 7.43. The van der Waals surface area contributed by atoms with E-state index in [2.05, 4.69) is 20.4 Å². The van der Waals surface area contributed by atoms with Crippen LogP contribution in [0.1, 0.15) is 18.1 Å². The van der Waals surface area contributed by atoms with Gasteiger partial charge in [0.2, 0.25) is 11.7 Å². The van der Waals surface area contributed by atoms with Crippen LogP contribution < -0.4 is 10.1 Å². The van der Waals surface area contributed by atoms with Crippen LogP contribution >= 0.6 is 0 Å². The monoisotopic (exact) mass is 412 g/mol. The summed E-state index contributed by atoms with van der Waals surface area (Å²) in [4.78, 5) is 19.5. The minimum absolute atomic E-state index is 0.00136. The van der Waals surface area contributed by atoms with Crippen LogP contribution in [0.2, 0.25) is 0 Å². The minimum atomic E-state index is -0.899. The first-order chi connectivity index (χ1) is 14.5. The van der Waals surface area contributed by atoms with Gasteiger partial charge in [0.25, 0.3) is 5.89 Å². The van der Waals surface area contributed by atoms with E-state index in [-0.39, 0.29) is 13.2 Å². The second-order valence-corrected chi connectivity index (χ2v) is 6.72. The van der Waals surface area contributed by atoms with Gasteiger partial charge < -0.3 is 24.8 Å². The highest BCUT2D eigenvalue weighted by Crippen LogP contribution is 2.31. The molecule has 0 bridgehead atoms. The first-order valence-electron chi connectivity index (χ1n) is 9.58. The molecule has 0 aliphatic rings. The molecule has 9 nitrogen and oxygen atoms in total. The van der Waals surface area contributed by atoms with Crippen molar-refractivity contribution in [1.29, 1.82) is 0 Å². The average molecular weight is 412 g/mol. The van der Waals surface area contributed by atoms with E-state index in [0.29, 0.717) is 23.9 Å². The largest absolute Gasteiger partial charge is 0.490 e. The highest BCUT2D eigenvalue weighted by Gasteiger charge is 2.16. The highest BCUT2D eigenvalue weighted by molar-refractivity contribution is 5.76. The van der Waals surface area contributed by atoms with Gasteiger partial charge in [0, 0.05) is 30.1 Å². The molecule has 0 fully saturated rings. The molecule has 0 aliphatic heterocycles. The number of aliphatic hydroxyl groups excluding tert-OH is 2. The minimum Gasteiger partial charge on any atom is -0.490 e. The Balaban J connectivity index is 1.74. The molecule has 0 saturated carbocycles. The molecule has 1 amide bonds. The maximum Gasteiger partial charge on any atom is 0.258 e. The number of aromatic nitrogens is 3. The number of pyridine rings is 1. The van der Waals surface area contributed by atoms with Gasteiger partial charge in [-0.25, -0.2) is 0 Å². The third-order valence-electron chi connectivity index (χ3n) is 4.44. The summed E-state index contributed by atoms with van der Waals surface area (Å²) < 4.78 is 11.2. The Hall–Kier alpha value is -3.30. The predicted molar refractivity (Wildman–Crippen MR) is 109 cm³/mol. The summed E-state index contributed by atoms with van der Waals surface area (Å²) in [5.41, 5.74) is 3.40. The summed E-state index contributed by atoms with van der Waals surface area (Å²) in [5.74, 6) is 1.01. The van der Waals surface area contributed by atoms with Crippen molar-refractivity contribution < 1.29 is 24.3 Å². The molecule has 2 heterocycles. The Morgan fingerprint density at radius 3 is 2.73 bits per heavy atom. The normalized spacial score (nSPS) is 11.9. The number of amides is 1. The third-order valence-corrected chi connectivity index (χ3v) is 4.44. The van der Waals surface area contributed by atoms with Crippen LogP contribution in [0.15, 0.2) is 41.2 Å². The number of hydrogen-bond donors (Lipinski definition) is 3. The van der Waals surface area contributed by atoms with E-state index >= 15 is 0 Å². The Labute approximate surface area is 173 Å². The van der Waals surface area contributed by atoms with Gasteiger partial charge >= 0.3 is 0 Å². The predicted octanol–water partition coefficient (Wildman–Crippen LogP) is 1.52. The number of rotatable bonds is 9. The van der Waals surface area contributed by atoms with Crippen LogP contribution in [0.25, 0.3) is 22.8 Å². The van der Waals surface area contributed by atoms with Crippen LogP contribution in [0.3, 0.4) is 0 Å². The number of aryl methyl sites for hydroxylation is 2. The molecule has 0 spiro atoms. The molecule has 0 saturated heterocycles. The van der Waals surface area contributed by atoms with Crippen molar-refractivity contribution in [1.82, 2.24) is 20.4 Å². The number of nitrogens with one attached hydrogen (secondary N) is 1. The van der Waals surface area contributed by atoms with Gasteiger partial charge in [0.1, 0.15) is 25.1 Å². The molecule has 3 rings (SSSR count). The van der Waals surface area contributed by atoms with Crippen molar-refractivity contribution in [2.75, 3.05) is 19.8 Å². The van der Waals surface area contributed by atoms with E-state index in [1.54, 1.807) is 24.5 Å². The fourth-order valence-corrected chi connectivity index (χ4v) is 2.92. The summed E-state index contributed by atoms with van der Waals surface area (Å²) in [6.45, 7) is 3.29. The van der Waals surface area contributed by atoms with Gasteiger partial charge in [-0.2, -0.15) is 4.98 Å². The zero-order valence-electron chi connectivity index (χ0n) is 16.8. The van der Waals surface area contributed by atoms with E-state index in [4.69, 9.17) is 14.4 Å². The molecule has 0 aliphatic carbocycles. The van der Waals surface area contributed by atoms with E-state index in [9.17, 15) is 9.90 Å². The van der Waals surface area contributed by atoms with Crippen LogP contribution in [0.4, 0.5) is 0 Å². The molecule has 158 valence electrons. The number of benzene rings is 1. The lowest BCUT2D eigenvalue weighted by Gasteiger charge is -2.17. The Morgan fingerprint density at radius 1 is 1.27 bits per heavy atom. The maximum atomic E-state index is 11.1. The summed E-state index contributed by atoms with van der Waals surface area (Å²) in [5, 5.41) is 25.2. The van der Waals surface area contributed by atoms with Crippen molar-refractivity contribution >= 4 is 5.91 Å². The van der Waals surface area contributed by atoms with Crippen molar-refractivity contribution in [3.8, 4) is 28.6 Å². The molecule has 30 heavy (non-hydrogen) atoms. The van der Waals surface area contributed by atoms with E-state index < -0.39 is 18.6 Å². The van der Waals surface area contributed by atoms with Crippen molar-refractivity contribution in [3.05, 3.63) is 47.8 Å². The lowest BCUT2D eigenvalue weighted by atomic mass is 10.0. The molecular weight excluding hydrogens is 388 g/mol. The standard InChI is InChI=1S/C21H24N4O5/c1-3-14-9-16(20-24-21(30-25-20)15-4-6-22-7-5-15)8-13(2)19(14)29-12-17(27)10-23-18(28)11-26/h4-9,17,26-27H,3,10-12H2,1-2H3,(H,23,28)/t17-/m0/s1. The zero-order valence-corrected chi connectivity index (χ0v) is 16.8. The second-order valence-electron chi connectivity index (χ2n) is 6.72. The fraction of sp³-hybridized carbons (Fsp3) is 0.333. The Morgan fingerprint density at radius 2 is 2.03 bits per heavy atom. The number of carbonyl (C=O) groups excluding carboxylic acids is 1. The van der Waals surface area contributed by atoms with Crippen LogP contribution in [0, 0.1) is 6.92 Å². The number of aliphatic hydroxyl groups is 2. The molecule has 9 heteroatoms. The van der Waals surface area contributed by atoms with Gasteiger partial charge in [-0.05, 0) is 48.7 Å². The fourth-order valence-electron chi connectivity index (χ4n) is 2.92. The average Bonchev–Trinajstić information content (AvgIpc) is 3.27. The summed E-state index contributed by atoms with van der Waals surface area (Å²) in [7, 11) is 0. The lowest BCUT2D eigenvalue weighted by Crippen LogP contribution is -2.36. The van der Waals surface area contributed by atoms with Crippen LogP contribution in [-0.4, -0.2) is 57.1 Å². The van der Waals surface area contributed by atoms with Gasteiger partial charge in [0.15, 0.2) is 0 Å². The first-order valence-corrected chi connectivity index (χ1v) is 9.58. The van der Waals surface area contributed by atoms with Gasteiger partial charge in [-0.3, -0.25) is 9.78 Å². The topological polar surface area (TPSA) is 131 Å². The second kappa shape index (κ2) is 9.95. The molecule has 2 aromatic heterocycles.